The molecular formula is C10H11Cl2NO. The molecule has 0 bridgehead atoms. The lowest BCUT2D eigenvalue weighted by Gasteiger charge is -2.08. The Labute approximate surface area is 93.5 Å². The van der Waals surface area contributed by atoms with Crippen LogP contribution in [0.3, 0.4) is 0 Å². The molecule has 0 unspecified atom stereocenters. The summed E-state index contributed by atoms with van der Waals surface area (Å²) in [5, 5.41) is 4.20. The molecule has 1 aromatic carbocycles. The first-order valence-corrected chi connectivity index (χ1v) is 4.79. The van der Waals surface area contributed by atoms with Gasteiger partial charge in [-0.25, -0.2) is 0 Å². The Morgan fingerprint density at radius 2 is 2.29 bits per heavy atom. The van der Waals surface area contributed by atoms with Crippen LogP contribution in [0.15, 0.2) is 29.8 Å². The number of anilines is 1. The van der Waals surface area contributed by atoms with Gasteiger partial charge in [-0.15, -0.1) is 0 Å². The second kappa shape index (κ2) is 5.13. The molecule has 14 heavy (non-hydrogen) atoms. The third-order valence-corrected chi connectivity index (χ3v) is 2.11. The van der Waals surface area contributed by atoms with Gasteiger partial charge in [-0.05, 0) is 12.1 Å². The minimum Gasteiger partial charge on any atom is -0.497 e. The molecule has 0 radical (unpaired) electrons. The van der Waals surface area contributed by atoms with E-state index in [1.807, 2.05) is 6.07 Å². The second-order valence-electron chi connectivity index (χ2n) is 2.72. The van der Waals surface area contributed by atoms with E-state index in [2.05, 4.69) is 11.9 Å². The van der Waals surface area contributed by atoms with Gasteiger partial charge < -0.3 is 10.1 Å². The summed E-state index contributed by atoms with van der Waals surface area (Å²) in [6.07, 6.45) is 0. The first kappa shape index (κ1) is 11.2. The highest BCUT2D eigenvalue weighted by Gasteiger charge is 2.01. The number of hydrogen-bond donors (Lipinski definition) is 1. The number of rotatable bonds is 4. The summed E-state index contributed by atoms with van der Waals surface area (Å²) < 4.78 is 5.06. The smallest absolute Gasteiger partial charge is 0.121 e. The fourth-order valence-corrected chi connectivity index (χ4v) is 1.21. The normalized spacial score (nSPS) is 9.64. The van der Waals surface area contributed by atoms with Crippen LogP contribution in [0.25, 0.3) is 0 Å². The molecule has 0 heterocycles. The molecule has 76 valence electrons. The lowest BCUT2D eigenvalue weighted by atomic mass is 10.3. The lowest BCUT2D eigenvalue weighted by molar-refractivity contribution is 0.415. The van der Waals surface area contributed by atoms with Crippen LogP contribution in [-0.4, -0.2) is 13.7 Å². The third-order valence-electron chi connectivity index (χ3n) is 1.64. The Morgan fingerprint density at radius 3 is 2.86 bits per heavy atom. The molecule has 0 amide bonds. The van der Waals surface area contributed by atoms with Crippen molar-refractivity contribution in [3.05, 3.63) is 34.8 Å². The first-order valence-electron chi connectivity index (χ1n) is 4.04. The van der Waals surface area contributed by atoms with Crippen molar-refractivity contribution in [2.75, 3.05) is 19.0 Å². The Hall–Kier alpha value is -0.860. The van der Waals surface area contributed by atoms with Gasteiger partial charge in [0, 0.05) is 11.1 Å². The van der Waals surface area contributed by atoms with E-state index in [-0.39, 0.29) is 0 Å². The molecule has 1 N–H and O–H groups in total. The zero-order valence-corrected chi connectivity index (χ0v) is 9.32. The van der Waals surface area contributed by atoms with Crippen molar-refractivity contribution in [1.82, 2.24) is 0 Å². The van der Waals surface area contributed by atoms with Crippen molar-refractivity contribution in [3.63, 3.8) is 0 Å². The van der Waals surface area contributed by atoms with Gasteiger partial charge >= 0.3 is 0 Å². The largest absolute Gasteiger partial charge is 0.497 e. The van der Waals surface area contributed by atoms with Crippen LogP contribution in [-0.2, 0) is 0 Å². The summed E-state index contributed by atoms with van der Waals surface area (Å²) in [6.45, 7) is 4.05. The molecule has 0 spiro atoms. The molecule has 0 aliphatic heterocycles. The molecule has 2 nitrogen and oxygen atoms in total. The predicted octanol–water partition coefficient (Wildman–Crippen LogP) is 3.51. The maximum Gasteiger partial charge on any atom is 0.121 e. The second-order valence-corrected chi connectivity index (χ2v) is 3.66. The summed E-state index contributed by atoms with van der Waals surface area (Å²) >= 11 is 11.6. The first-order chi connectivity index (χ1) is 6.63. The Morgan fingerprint density at radius 1 is 1.57 bits per heavy atom. The fraction of sp³-hybridized carbons (Fsp3) is 0.200. The van der Waals surface area contributed by atoms with Crippen molar-refractivity contribution in [1.29, 1.82) is 0 Å². The number of hydrogen-bond acceptors (Lipinski definition) is 2. The van der Waals surface area contributed by atoms with E-state index in [0.717, 1.165) is 11.4 Å². The fourth-order valence-electron chi connectivity index (χ4n) is 0.958. The van der Waals surface area contributed by atoms with E-state index in [1.54, 1.807) is 19.2 Å². The molecule has 4 heteroatoms. The molecule has 0 saturated carbocycles. The summed E-state index contributed by atoms with van der Waals surface area (Å²) in [6, 6.07) is 5.37. The van der Waals surface area contributed by atoms with Crippen molar-refractivity contribution in [2.24, 2.45) is 0 Å². The highest BCUT2D eigenvalue weighted by molar-refractivity contribution is 6.33. The van der Waals surface area contributed by atoms with Crippen molar-refractivity contribution < 1.29 is 4.74 Å². The maximum absolute atomic E-state index is 5.95. The minimum atomic E-state index is 0.481. The molecule has 0 saturated heterocycles. The lowest BCUT2D eigenvalue weighted by Crippen LogP contribution is -2.01. The molecule has 0 aliphatic carbocycles. The highest BCUT2D eigenvalue weighted by atomic mass is 35.5. The SMILES string of the molecule is C=C(Cl)CNc1cc(OC)ccc1Cl. The Balaban J connectivity index is 2.78. The molecule has 0 aliphatic rings. The summed E-state index contributed by atoms with van der Waals surface area (Å²) in [7, 11) is 1.60. The van der Waals surface area contributed by atoms with Gasteiger partial charge in [0.05, 0.1) is 24.4 Å². The standard InChI is InChI=1S/C10H11Cl2NO/c1-7(11)6-13-10-5-8(14-2)3-4-9(10)12/h3-5,13H,1,6H2,2H3. The van der Waals surface area contributed by atoms with Crippen LogP contribution < -0.4 is 10.1 Å². The van der Waals surface area contributed by atoms with Crippen molar-refractivity contribution in [2.45, 2.75) is 0 Å². The van der Waals surface area contributed by atoms with Gasteiger partial charge in [0.1, 0.15) is 5.75 Å². The number of benzene rings is 1. The summed E-state index contributed by atoms with van der Waals surface area (Å²) in [4.78, 5) is 0. The average molecular weight is 232 g/mol. The van der Waals surface area contributed by atoms with Crippen LogP contribution in [0.1, 0.15) is 0 Å². The number of halogens is 2. The van der Waals surface area contributed by atoms with E-state index in [1.165, 1.54) is 0 Å². The minimum absolute atomic E-state index is 0.481. The van der Waals surface area contributed by atoms with Gasteiger partial charge in [0.25, 0.3) is 0 Å². The van der Waals surface area contributed by atoms with Gasteiger partial charge in [0.15, 0.2) is 0 Å². The van der Waals surface area contributed by atoms with E-state index >= 15 is 0 Å². The summed E-state index contributed by atoms with van der Waals surface area (Å²) in [5.41, 5.74) is 0.785. The van der Waals surface area contributed by atoms with E-state index in [0.29, 0.717) is 16.6 Å². The Kier molecular flexibility index (Phi) is 4.11. The topological polar surface area (TPSA) is 21.3 Å². The van der Waals surface area contributed by atoms with Crippen molar-refractivity contribution in [3.8, 4) is 5.75 Å². The van der Waals surface area contributed by atoms with Crippen LogP contribution in [0, 0.1) is 0 Å². The average Bonchev–Trinajstić information content (AvgIpc) is 2.16. The van der Waals surface area contributed by atoms with Crippen LogP contribution in [0.4, 0.5) is 5.69 Å². The monoisotopic (exact) mass is 231 g/mol. The van der Waals surface area contributed by atoms with Gasteiger partial charge in [-0.3, -0.25) is 0 Å². The summed E-state index contributed by atoms with van der Waals surface area (Å²) in [5.74, 6) is 0.747. The van der Waals surface area contributed by atoms with Gasteiger partial charge in [-0.1, -0.05) is 29.8 Å². The van der Waals surface area contributed by atoms with Crippen LogP contribution in [0.5, 0.6) is 5.75 Å². The van der Waals surface area contributed by atoms with E-state index in [4.69, 9.17) is 27.9 Å². The van der Waals surface area contributed by atoms with Gasteiger partial charge in [-0.2, -0.15) is 0 Å². The highest BCUT2D eigenvalue weighted by Crippen LogP contribution is 2.26. The Bertz CT molecular complexity index is 339. The van der Waals surface area contributed by atoms with Crippen molar-refractivity contribution >= 4 is 28.9 Å². The van der Waals surface area contributed by atoms with Gasteiger partial charge in [0.2, 0.25) is 0 Å². The molecule has 0 atom stereocenters. The number of methoxy groups -OCH3 is 1. The van der Waals surface area contributed by atoms with E-state index < -0.39 is 0 Å². The van der Waals surface area contributed by atoms with Crippen LogP contribution in [0.2, 0.25) is 5.02 Å². The number of ether oxygens (including phenoxy) is 1. The molecular weight excluding hydrogens is 221 g/mol. The molecule has 0 aromatic heterocycles. The molecule has 1 aromatic rings. The zero-order chi connectivity index (χ0) is 10.6. The predicted molar refractivity (Wildman–Crippen MR) is 61.5 cm³/mol. The third kappa shape index (κ3) is 3.13. The maximum atomic E-state index is 5.95. The molecule has 0 fully saturated rings. The van der Waals surface area contributed by atoms with Crippen LogP contribution >= 0.6 is 23.2 Å². The number of nitrogens with one attached hydrogen (secondary N) is 1. The molecule has 1 rings (SSSR count). The quantitative estimate of drug-likeness (QED) is 0.857. The van der Waals surface area contributed by atoms with E-state index in [9.17, 15) is 0 Å². The zero-order valence-electron chi connectivity index (χ0n) is 7.81.